The van der Waals surface area contributed by atoms with E-state index >= 15 is 0 Å². The largest absolute Gasteiger partial charge is 0.507 e. The fourth-order valence-electron chi connectivity index (χ4n) is 2.26. The molecule has 3 rings (SSSR count). The van der Waals surface area contributed by atoms with Crippen LogP contribution in [0.3, 0.4) is 0 Å². The first kappa shape index (κ1) is 15.9. The SMILES string of the molecule is CC(=O)NC(=S)Nc1ccc(O)c(-c2nc3cc(C)ccc3o2)c1. The lowest BCUT2D eigenvalue weighted by molar-refractivity contribution is -0.117. The Morgan fingerprint density at radius 2 is 2.04 bits per heavy atom. The average Bonchev–Trinajstić information content (AvgIpc) is 2.91. The summed E-state index contributed by atoms with van der Waals surface area (Å²) in [6.07, 6.45) is 0. The zero-order valence-corrected chi connectivity index (χ0v) is 13.9. The number of carbonyl (C=O) groups is 1. The van der Waals surface area contributed by atoms with Crippen LogP contribution in [0, 0.1) is 6.92 Å². The molecule has 1 aromatic heterocycles. The number of thiocarbonyl (C=S) groups is 1. The van der Waals surface area contributed by atoms with E-state index in [4.69, 9.17) is 16.6 Å². The van der Waals surface area contributed by atoms with E-state index < -0.39 is 0 Å². The second-order valence-corrected chi connectivity index (χ2v) is 5.77. The number of nitrogens with zero attached hydrogens (tertiary/aromatic N) is 1. The molecule has 0 saturated heterocycles. The predicted molar refractivity (Wildman–Crippen MR) is 95.9 cm³/mol. The minimum Gasteiger partial charge on any atom is -0.507 e. The Balaban J connectivity index is 1.95. The molecule has 0 unspecified atom stereocenters. The molecule has 0 bridgehead atoms. The van der Waals surface area contributed by atoms with Crippen molar-refractivity contribution < 1.29 is 14.3 Å². The topological polar surface area (TPSA) is 87.4 Å². The molecule has 0 radical (unpaired) electrons. The lowest BCUT2D eigenvalue weighted by atomic mass is 10.1. The van der Waals surface area contributed by atoms with Gasteiger partial charge in [-0.1, -0.05) is 6.07 Å². The number of amides is 1. The summed E-state index contributed by atoms with van der Waals surface area (Å²) >= 11 is 5.03. The molecule has 0 aliphatic carbocycles. The zero-order valence-electron chi connectivity index (χ0n) is 13.1. The van der Waals surface area contributed by atoms with Crippen LogP contribution in [0.2, 0.25) is 0 Å². The first-order valence-electron chi connectivity index (χ1n) is 7.21. The van der Waals surface area contributed by atoms with Gasteiger partial charge in [-0.3, -0.25) is 4.79 Å². The van der Waals surface area contributed by atoms with Crippen molar-refractivity contribution in [2.45, 2.75) is 13.8 Å². The van der Waals surface area contributed by atoms with E-state index in [0.717, 1.165) is 11.1 Å². The highest BCUT2D eigenvalue weighted by atomic mass is 32.1. The number of rotatable bonds is 2. The molecule has 0 aliphatic rings. The Kier molecular flexibility index (Phi) is 4.18. The summed E-state index contributed by atoms with van der Waals surface area (Å²) in [4.78, 5) is 15.4. The Hall–Kier alpha value is -2.93. The van der Waals surface area contributed by atoms with Gasteiger partial charge in [0.05, 0.1) is 5.56 Å². The maximum atomic E-state index is 11.0. The first-order chi connectivity index (χ1) is 11.4. The molecule has 6 nitrogen and oxygen atoms in total. The highest BCUT2D eigenvalue weighted by Gasteiger charge is 2.14. The molecule has 0 saturated carbocycles. The van der Waals surface area contributed by atoms with Crippen LogP contribution in [0.4, 0.5) is 5.69 Å². The van der Waals surface area contributed by atoms with Crippen LogP contribution in [0.15, 0.2) is 40.8 Å². The molecular formula is C17H15N3O3S. The van der Waals surface area contributed by atoms with Crippen LogP contribution in [-0.2, 0) is 4.79 Å². The highest BCUT2D eigenvalue weighted by molar-refractivity contribution is 7.80. The number of oxazole rings is 1. The zero-order chi connectivity index (χ0) is 17.3. The van der Waals surface area contributed by atoms with Crippen molar-refractivity contribution >= 4 is 40.0 Å². The molecule has 1 heterocycles. The normalized spacial score (nSPS) is 10.6. The number of benzene rings is 2. The molecule has 0 spiro atoms. The lowest BCUT2D eigenvalue weighted by Crippen LogP contribution is -2.32. The fraction of sp³-hybridized carbons (Fsp3) is 0.118. The van der Waals surface area contributed by atoms with Gasteiger partial charge in [0.15, 0.2) is 10.7 Å². The highest BCUT2D eigenvalue weighted by Crippen LogP contribution is 2.33. The Morgan fingerprint density at radius 3 is 2.79 bits per heavy atom. The maximum absolute atomic E-state index is 11.0. The van der Waals surface area contributed by atoms with Crippen molar-refractivity contribution in [1.29, 1.82) is 0 Å². The smallest absolute Gasteiger partial charge is 0.231 e. The molecule has 3 N–H and O–H groups in total. The van der Waals surface area contributed by atoms with E-state index in [9.17, 15) is 9.90 Å². The van der Waals surface area contributed by atoms with E-state index in [0.29, 0.717) is 22.7 Å². The van der Waals surface area contributed by atoms with Gasteiger partial charge in [-0.15, -0.1) is 0 Å². The van der Waals surface area contributed by atoms with Gasteiger partial charge in [-0.25, -0.2) is 4.98 Å². The van der Waals surface area contributed by atoms with E-state index in [1.54, 1.807) is 12.1 Å². The van der Waals surface area contributed by atoms with E-state index in [-0.39, 0.29) is 16.8 Å². The number of hydrogen-bond donors (Lipinski definition) is 3. The lowest BCUT2D eigenvalue weighted by Gasteiger charge is -2.09. The Bertz CT molecular complexity index is 949. The van der Waals surface area contributed by atoms with Crippen molar-refractivity contribution in [3.63, 3.8) is 0 Å². The molecule has 122 valence electrons. The van der Waals surface area contributed by atoms with Gasteiger partial charge >= 0.3 is 0 Å². The van der Waals surface area contributed by atoms with E-state index in [1.807, 2.05) is 25.1 Å². The number of aromatic nitrogens is 1. The second-order valence-electron chi connectivity index (χ2n) is 5.36. The number of aryl methyl sites for hydroxylation is 1. The summed E-state index contributed by atoms with van der Waals surface area (Å²) < 4.78 is 5.71. The first-order valence-corrected chi connectivity index (χ1v) is 7.62. The molecule has 0 fully saturated rings. The van der Waals surface area contributed by atoms with Gasteiger partial charge in [-0.05, 0) is 55.0 Å². The molecule has 7 heteroatoms. The number of anilines is 1. The van der Waals surface area contributed by atoms with Gasteiger partial charge in [0.25, 0.3) is 0 Å². The van der Waals surface area contributed by atoms with Crippen molar-refractivity contribution in [2.75, 3.05) is 5.32 Å². The minimum absolute atomic E-state index is 0.0364. The molecule has 0 atom stereocenters. The summed E-state index contributed by atoms with van der Waals surface area (Å²) in [6, 6.07) is 10.5. The number of phenols is 1. The number of aromatic hydroxyl groups is 1. The number of hydrogen-bond acceptors (Lipinski definition) is 5. The third-order valence-electron chi connectivity index (χ3n) is 3.32. The molecule has 0 aliphatic heterocycles. The summed E-state index contributed by atoms with van der Waals surface area (Å²) in [6.45, 7) is 3.34. The second kappa shape index (κ2) is 6.29. The average molecular weight is 341 g/mol. The van der Waals surface area contributed by atoms with Crippen LogP contribution in [0.25, 0.3) is 22.6 Å². The Morgan fingerprint density at radius 1 is 1.25 bits per heavy atom. The third-order valence-corrected chi connectivity index (χ3v) is 3.52. The van der Waals surface area contributed by atoms with Gasteiger partial charge in [0.1, 0.15) is 11.3 Å². The fourth-order valence-corrected chi connectivity index (χ4v) is 2.52. The molecule has 1 amide bonds. The number of nitrogens with one attached hydrogen (secondary N) is 2. The minimum atomic E-state index is -0.263. The Labute approximate surface area is 143 Å². The van der Waals surface area contributed by atoms with Gasteiger partial charge < -0.3 is 20.2 Å². The van der Waals surface area contributed by atoms with Crippen LogP contribution < -0.4 is 10.6 Å². The van der Waals surface area contributed by atoms with Crippen LogP contribution in [-0.4, -0.2) is 21.1 Å². The summed E-state index contributed by atoms with van der Waals surface area (Å²) in [5.74, 6) is 0.0808. The number of carbonyl (C=O) groups excluding carboxylic acids is 1. The van der Waals surface area contributed by atoms with E-state index in [1.165, 1.54) is 13.0 Å². The van der Waals surface area contributed by atoms with Crippen molar-refractivity contribution in [1.82, 2.24) is 10.3 Å². The monoisotopic (exact) mass is 341 g/mol. The quantitative estimate of drug-likeness (QED) is 0.489. The van der Waals surface area contributed by atoms with Gasteiger partial charge in [0, 0.05) is 12.6 Å². The molecular weight excluding hydrogens is 326 g/mol. The summed E-state index contributed by atoms with van der Waals surface area (Å²) in [7, 11) is 0. The van der Waals surface area contributed by atoms with Gasteiger partial charge in [-0.2, -0.15) is 0 Å². The molecule has 24 heavy (non-hydrogen) atoms. The van der Waals surface area contributed by atoms with Crippen molar-refractivity contribution in [2.24, 2.45) is 0 Å². The maximum Gasteiger partial charge on any atom is 0.231 e. The van der Waals surface area contributed by atoms with Crippen LogP contribution in [0.5, 0.6) is 5.75 Å². The van der Waals surface area contributed by atoms with Crippen molar-refractivity contribution in [3.8, 4) is 17.2 Å². The molecule has 3 aromatic rings. The number of phenolic OH excluding ortho intramolecular Hbond substituents is 1. The summed E-state index contributed by atoms with van der Waals surface area (Å²) in [5.41, 5.74) is 3.46. The van der Waals surface area contributed by atoms with Crippen LogP contribution >= 0.6 is 12.2 Å². The number of fused-ring (bicyclic) bond motifs is 1. The third kappa shape index (κ3) is 3.36. The van der Waals surface area contributed by atoms with Crippen molar-refractivity contribution in [3.05, 3.63) is 42.0 Å². The van der Waals surface area contributed by atoms with Gasteiger partial charge in [0.2, 0.25) is 11.8 Å². The standard InChI is InChI=1S/C17H15N3O3S/c1-9-3-6-15-13(7-9)20-16(23-15)12-8-11(4-5-14(12)22)19-17(24)18-10(2)21/h3-8,22H,1-2H3,(H2,18,19,21,24). The molecule has 2 aromatic carbocycles. The summed E-state index contributed by atoms with van der Waals surface area (Å²) in [5, 5.41) is 15.6. The van der Waals surface area contributed by atoms with Crippen LogP contribution in [0.1, 0.15) is 12.5 Å². The predicted octanol–water partition coefficient (Wildman–Crippen LogP) is 3.34. The van der Waals surface area contributed by atoms with E-state index in [2.05, 4.69) is 15.6 Å².